The molecule has 1 aromatic carbocycles. The van der Waals surface area contributed by atoms with Gasteiger partial charge < -0.3 is 10.3 Å². The van der Waals surface area contributed by atoms with Crippen molar-refractivity contribution in [1.82, 2.24) is 30.1 Å². The summed E-state index contributed by atoms with van der Waals surface area (Å²) in [6, 6.07) is 12.2. The monoisotopic (exact) mass is 595 g/mol. The molecule has 216 valence electrons. The first kappa shape index (κ1) is 26.9. The van der Waals surface area contributed by atoms with Crippen molar-refractivity contribution in [2.75, 3.05) is 17.3 Å². The third-order valence-electron chi connectivity index (χ3n) is 7.53. The van der Waals surface area contributed by atoms with Crippen LogP contribution in [-0.4, -0.2) is 56.5 Å². The van der Waals surface area contributed by atoms with Crippen LogP contribution in [0.1, 0.15) is 18.4 Å². The Labute approximate surface area is 245 Å². The zero-order valence-electron chi connectivity index (χ0n) is 23.1. The molecule has 0 bridgehead atoms. The number of carbonyl (C=O) groups is 1. The van der Waals surface area contributed by atoms with E-state index in [1.165, 1.54) is 18.4 Å². The molecule has 1 fully saturated rings. The molecule has 3 N–H and O–H groups in total. The lowest BCUT2D eigenvalue weighted by atomic mass is 10.00. The molecular weight excluding hydrogens is 569 g/mol. The van der Waals surface area contributed by atoms with Crippen molar-refractivity contribution in [1.29, 1.82) is 0 Å². The van der Waals surface area contributed by atoms with E-state index in [1.54, 1.807) is 24.8 Å². The summed E-state index contributed by atoms with van der Waals surface area (Å²) < 4.78 is 38.0. The minimum atomic E-state index is -3.19. The van der Waals surface area contributed by atoms with Gasteiger partial charge in [0.1, 0.15) is 21.3 Å². The number of pyridine rings is 3. The van der Waals surface area contributed by atoms with Gasteiger partial charge in [-0.25, -0.2) is 22.8 Å². The highest BCUT2D eigenvalue weighted by atomic mass is 32.2. The average molecular weight is 596 g/mol. The van der Waals surface area contributed by atoms with Gasteiger partial charge in [-0.05, 0) is 72.4 Å². The molecule has 1 aliphatic carbocycles. The van der Waals surface area contributed by atoms with Crippen LogP contribution in [-0.2, 0) is 21.1 Å². The number of halogens is 1. The van der Waals surface area contributed by atoms with Gasteiger partial charge in [-0.15, -0.1) is 0 Å². The highest BCUT2D eigenvalue weighted by Crippen LogP contribution is 2.35. The summed E-state index contributed by atoms with van der Waals surface area (Å²) >= 11 is 0. The molecule has 7 rings (SSSR count). The lowest BCUT2D eigenvalue weighted by Gasteiger charge is -2.07. The highest BCUT2D eigenvalue weighted by Gasteiger charge is 2.29. The summed E-state index contributed by atoms with van der Waals surface area (Å²) in [5.41, 5.74) is 6.77. The molecule has 43 heavy (non-hydrogen) atoms. The Morgan fingerprint density at radius 1 is 1.00 bits per heavy atom. The van der Waals surface area contributed by atoms with Gasteiger partial charge in [0, 0.05) is 52.7 Å². The van der Waals surface area contributed by atoms with E-state index in [0.717, 1.165) is 40.3 Å². The maximum atomic E-state index is 14.6. The van der Waals surface area contributed by atoms with E-state index >= 15 is 0 Å². The van der Waals surface area contributed by atoms with E-state index in [2.05, 4.69) is 35.5 Å². The van der Waals surface area contributed by atoms with E-state index in [4.69, 9.17) is 0 Å². The number of aromatic amines is 2. The van der Waals surface area contributed by atoms with E-state index in [9.17, 15) is 17.6 Å². The molecule has 0 spiro atoms. The van der Waals surface area contributed by atoms with Gasteiger partial charge in [0.05, 0.1) is 29.0 Å². The van der Waals surface area contributed by atoms with Gasteiger partial charge in [-0.3, -0.25) is 14.9 Å². The van der Waals surface area contributed by atoms with E-state index in [0.29, 0.717) is 39.5 Å². The van der Waals surface area contributed by atoms with Crippen LogP contribution >= 0.6 is 0 Å². The average Bonchev–Trinajstić information content (AvgIpc) is 3.61. The molecule has 5 heterocycles. The minimum absolute atomic E-state index is 0.0137. The number of aryl methyl sites for hydroxylation is 1. The quantitative estimate of drug-likeness (QED) is 0.216. The number of aromatic nitrogens is 6. The normalized spacial score (nSPS) is 13.5. The van der Waals surface area contributed by atoms with E-state index in [1.807, 2.05) is 30.3 Å². The maximum absolute atomic E-state index is 14.6. The summed E-state index contributed by atoms with van der Waals surface area (Å²) in [5.74, 6) is -0.399. The maximum Gasteiger partial charge on any atom is 0.227 e. The smallest absolute Gasteiger partial charge is 0.227 e. The zero-order chi connectivity index (χ0) is 29.7. The van der Waals surface area contributed by atoms with E-state index in [-0.39, 0.29) is 24.0 Å². The number of carbonyl (C=O) groups excluding carboxylic acids is 1. The summed E-state index contributed by atoms with van der Waals surface area (Å²) in [6.45, 7) is 0. The predicted octanol–water partition coefficient (Wildman–Crippen LogP) is 5.30. The Morgan fingerprint density at radius 3 is 2.65 bits per heavy atom. The van der Waals surface area contributed by atoms with Crippen molar-refractivity contribution in [3.05, 3.63) is 78.6 Å². The molecule has 6 aromatic rings. The van der Waals surface area contributed by atoms with Crippen molar-refractivity contribution in [2.24, 2.45) is 5.92 Å². The number of benzene rings is 1. The number of hydrogen-bond acceptors (Lipinski definition) is 7. The second-order valence-electron chi connectivity index (χ2n) is 11.0. The fourth-order valence-electron chi connectivity index (χ4n) is 5.19. The fourth-order valence-corrected chi connectivity index (χ4v) is 5.79. The molecule has 0 aliphatic heterocycles. The lowest BCUT2D eigenvalue weighted by Crippen LogP contribution is -2.13. The minimum Gasteiger partial charge on any atom is -0.338 e. The highest BCUT2D eigenvalue weighted by molar-refractivity contribution is 7.90. The number of nitrogens with zero attached hydrogens (tertiary/aromatic N) is 4. The molecule has 5 aromatic heterocycles. The summed E-state index contributed by atoms with van der Waals surface area (Å²) in [5, 5.41) is 11.9. The fraction of sp³-hybridized carbons (Fsp3) is 0.194. The number of nitrogens with one attached hydrogen (secondary N) is 3. The molecule has 10 nitrogen and oxygen atoms in total. The Kier molecular flexibility index (Phi) is 6.50. The van der Waals surface area contributed by atoms with Crippen LogP contribution in [0.5, 0.6) is 0 Å². The van der Waals surface area contributed by atoms with Gasteiger partial charge in [-0.1, -0.05) is 6.07 Å². The molecule has 1 saturated carbocycles. The van der Waals surface area contributed by atoms with Crippen molar-refractivity contribution in [3.63, 3.8) is 0 Å². The number of anilines is 1. The van der Waals surface area contributed by atoms with Crippen molar-refractivity contribution in [2.45, 2.75) is 19.3 Å². The van der Waals surface area contributed by atoms with Crippen LogP contribution in [0, 0.1) is 11.7 Å². The largest absolute Gasteiger partial charge is 0.338 e. The van der Waals surface area contributed by atoms with Crippen molar-refractivity contribution in [3.8, 4) is 33.6 Å². The third kappa shape index (κ3) is 5.61. The number of fused-ring (bicyclic) bond motifs is 2. The lowest BCUT2D eigenvalue weighted by molar-refractivity contribution is -0.117. The van der Waals surface area contributed by atoms with Crippen molar-refractivity contribution < 1.29 is 17.6 Å². The molecule has 0 atom stereocenters. The summed E-state index contributed by atoms with van der Waals surface area (Å²) in [6.07, 6.45) is 9.93. The standard InChI is InChI=1S/C31H26FN7O3S/c1-43(41,42)7-5-17-8-19(10-22(32)9-17)24-4-6-34-29-25(24)13-27(37-29)28-26-12-21(15-35-30(26)39-38-28)20-11-23(16-33-14-20)36-31(40)18-2-3-18/h4,6,8-16,18H,2-3,5,7H2,1H3,(H,34,37)(H,36,40)(H,35,38,39). The summed E-state index contributed by atoms with van der Waals surface area (Å²) in [7, 11) is -3.19. The first-order valence-corrected chi connectivity index (χ1v) is 15.8. The molecule has 1 aliphatic rings. The van der Waals surface area contributed by atoms with Gasteiger partial charge in [0.25, 0.3) is 0 Å². The first-order chi connectivity index (χ1) is 20.7. The molecule has 0 saturated heterocycles. The SMILES string of the molecule is CS(=O)(=O)CCc1cc(F)cc(-c2ccnc3[nH]c(-c4[nH]nc5ncc(-c6cncc(NC(=O)C7CC7)c6)cc45)cc23)c1. The number of H-pyrrole nitrogens is 2. The number of amides is 1. The third-order valence-corrected chi connectivity index (χ3v) is 8.47. The molecule has 1 amide bonds. The topological polar surface area (TPSA) is 146 Å². The first-order valence-electron chi connectivity index (χ1n) is 13.8. The number of sulfone groups is 1. The van der Waals surface area contributed by atoms with Crippen LogP contribution < -0.4 is 5.32 Å². The second kappa shape index (κ2) is 10.4. The van der Waals surface area contributed by atoms with Crippen LogP contribution in [0.2, 0.25) is 0 Å². The van der Waals surface area contributed by atoms with Crippen LogP contribution in [0.15, 0.2) is 67.3 Å². The molecule has 0 radical (unpaired) electrons. The Hall–Kier alpha value is -4.97. The van der Waals surface area contributed by atoms with Gasteiger partial charge in [0.2, 0.25) is 5.91 Å². The van der Waals surface area contributed by atoms with Crippen LogP contribution in [0.3, 0.4) is 0 Å². The summed E-state index contributed by atoms with van der Waals surface area (Å²) in [4.78, 5) is 28.9. The van der Waals surface area contributed by atoms with Crippen LogP contribution in [0.25, 0.3) is 55.7 Å². The number of hydrogen-bond donors (Lipinski definition) is 3. The number of rotatable bonds is 8. The predicted molar refractivity (Wildman–Crippen MR) is 162 cm³/mol. The molecule has 0 unspecified atom stereocenters. The van der Waals surface area contributed by atoms with E-state index < -0.39 is 15.7 Å². The Balaban J connectivity index is 1.25. The second-order valence-corrected chi connectivity index (χ2v) is 13.2. The zero-order valence-corrected chi connectivity index (χ0v) is 23.9. The molecule has 12 heteroatoms. The van der Waals surface area contributed by atoms with Gasteiger partial charge in [0.15, 0.2) is 5.65 Å². The van der Waals surface area contributed by atoms with Crippen LogP contribution in [0.4, 0.5) is 10.1 Å². The van der Waals surface area contributed by atoms with Gasteiger partial charge in [-0.2, -0.15) is 5.10 Å². The Morgan fingerprint density at radius 2 is 1.84 bits per heavy atom. The van der Waals surface area contributed by atoms with Gasteiger partial charge >= 0.3 is 0 Å². The Bertz CT molecular complexity index is 2150. The van der Waals surface area contributed by atoms with Crippen molar-refractivity contribution >= 4 is 43.5 Å². The molecular formula is C31H26FN7O3S.